The monoisotopic (exact) mass is 388 g/mol. The molecule has 9 heteroatoms. The van der Waals surface area contributed by atoms with Crippen LogP contribution in [0, 0.1) is 17.0 Å². The summed E-state index contributed by atoms with van der Waals surface area (Å²) in [5.41, 5.74) is 0.947. The number of amides is 1. The Morgan fingerprint density at radius 2 is 1.82 bits per heavy atom. The van der Waals surface area contributed by atoms with E-state index < -0.39 is 22.8 Å². The number of carboxylic acid groups (broad SMARTS) is 1. The molecule has 0 heterocycles. The minimum absolute atomic E-state index is 0.0986. The summed E-state index contributed by atoms with van der Waals surface area (Å²) < 4.78 is 10.4. The standard InChI is InChI=1S/C19H20N2O7/c1-11-8-13(4-6-15(11)21(25)26)19(24)20-14(10-18(22)23)12-5-7-16(27-2)17(9-12)28-3/h4-9,14H,10H2,1-3H3,(H,20,24)(H,22,23). The van der Waals surface area contributed by atoms with Crippen LogP contribution in [-0.2, 0) is 4.79 Å². The van der Waals surface area contributed by atoms with Crippen molar-refractivity contribution >= 4 is 17.6 Å². The lowest BCUT2D eigenvalue weighted by molar-refractivity contribution is -0.385. The number of nitrogens with one attached hydrogen (secondary N) is 1. The molecule has 0 saturated heterocycles. The number of rotatable bonds is 8. The van der Waals surface area contributed by atoms with Crippen molar-refractivity contribution in [1.82, 2.24) is 5.32 Å². The van der Waals surface area contributed by atoms with Crippen LogP contribution in [0.4, 0.5) is 5.69 Å². The van der Waals surface area contributed by atoms with Gasteiger partial charge in [-0.15, -0.1) is 0 Å². The van der Waals surface area contributed by atoms with Crippen molar-refractivity contribution in [3.63, 3.8) is 0 Å². The topological polar surface area (TPSA) is 128 Å². The number of nitro benzene ring substituents is 1. The fourth-order valence-electron chi connectivity index (χ4n) is 2.74. The van der Waals surface area contributed by atoms with E-state index in [4.69, 9.17) is 9.47 Å². The summed E-state index contributed by atoms with van der Waals surface area (Å²) in [6.07, 6.45) is -0.354. The van der Waals surface area contributed by atoms with E-state index in [1.165, 1.54) is 39.3 Å². The van der Waals surface area contributed by atoms with E-state index in [9.17, 15) is 24.8 Å². The van der Waals surface area contributed by atoms with Gasteiger partial charge in [-0.25, -0.2) is 0 Å². The molecule has 2 rings (SSSR count). The third-order valence-electron chi connectivity index (χ3n) is 4.15. The maximum absolute atomic E-state index is 12.6. The molecule has 0 aromatic heterocycles. The molecule has 0 aliphatic rings. The maximum Gasteiger partial charge on any atom is 0.305 e. The minimum Gasteiger partial charge on any atom is -0.493 e. The second-order valence-corrected chi connectivity index (χ2v) is 6.00. The fraction of sp³-hybridized carbons (Fsp3) is 0.263. The maximum atomic E-state index is 12.6. The summed E-state index contributed by atoms with van der Waals surface area (Å²) in [6.45, 7) is 1.53. The lowest BCUT2D eigenvalue weighted by atomic mass is 10.0. The second-order valence-electron chi connectivity index (χ2n) is 6.00. The molecule has 28 heavy (non-hydrogen) atoms. The molecule has 148 valence electrons. The Bertz CT molecular complexity index is 911. The SMILES string of the molecule is COc1ccc(C(CC(=O)O)NC(=O)c2ccc([N+](=O)[O-])c(C)c2)cc1OC. The first kappa shape index (κ1) is 20.7. The first-order chi connectivity index (χ1) is 13.3. The van der Waals surface area contributed by atoms with E-state index in [-0.39, 0.29) is 17.7 Å². The number of ether oxygens (including phenoxy) is 2. The molecular weight excluding hydrogens is 368 g/mol. The number of nitrogens with zero attached hydrogens (tertiary/aromatic N) is 1. The largest absolute Gasteiger partial charge is 0.493 e. The number of methoxy groups -OCH3 is 2. The normalized spacial score (nSPS) is 11.4. The second kappa shape index (κ2) is 8.85. The summed E-state index contributed by atoms with van der Waals surface area (Å²) in [5, 5.41) is 22.8. The van der Waals surface area contributed by atoms with Gasteiger partial charge in [-0.1, -0.05) is 6.07 Å². The number of hydrogen-bond donors (Lipinski definition) is 2. The van der Waals surface area contributed by atoms with Gasteiger partial charge in [0.05, 0.1) is 31.6 Å². The third kappa shape index (κ3) is 4.76. The zero-order valence-electron chi connectivity index (χ0n) is 15.6. The number of carboxylic acids is 1. The van der Waals surface area contributed by atoms with Gasteiger partial charge in [0.1, 0.15) is 0 Å². The molecule has 0 aliphatic carbocycles. The first-order valence-corrected chi connectivity index (χ1v) is 8.26. The van der Waals surface area contributed by atoms with Crippen LogP contribution in [0.3, 0.4) is 0 Å². The van der Waals surface area contributed by atoms with Crippen molar-refractivity contribution in [3.05, 3.63) is 63.2 Å². The Labute approximate surface area is 161 Å². The zero-order valence-corrected chi connectivity index (χ0v) is 15.6. The van der Waals surface area contributed by atoms with E-state index >= 15 is 0 Å². The molecule has 2 N–H and O–H groups in total. The van der Waals surface area contributed by atoms with E-state index in [1.54, 1.807) is 18.2 Å². The van der Waals surface area contributed by atoms with Gasteiger partial charge >= 0.3 is 5.97 Å². The highest BCUT2D eigenvalue weighted by Gasteiger charge is 2.22. The molecule has 1 atom stereocenters. The lowest BCUT2D eigenvalue weighted by Crippen LogP contribution is -2.30. The average molecular weight is 388 g/mol. The Hall–Kier alpha value is -3.62. The molecular formula is C19H20N2O7. The summed E-state index contributed by atoms with van der Waals surface area (Å²) in [4.78, 5) is 34.2. The number of nitro groups is 1. The Morgan fingerprint density at radius 3 is 2.36 bits per heavy atom. The highest BCUT2D eigenvalue weighted by Crippen LogP contribution is 2.31. The van der Waals surface area contributed by atoms with Gasteiger partial charge in [0.2, 0.25) is 0 Å². The lowest BCUT2D eigenvalue weighted by Gasteiger charge is -2.19. The summed E-state index contributed by atoms with van der Waals surface area (Å²) in [5.74, 6) is -0.771. The number of benzene rings is 2. The van der Waals surface area contributed by atoms with Gasteiger partial charge in [-0.2, -0.15) is 0 Å². The highest BCUT2D eigenvalue weighted by molar-refractivity contribution is 5.95. The summed E-state index contributed by atoms with van der Waals surface area (Å²) in [6, 6.07) is 7.97. The highest BCUT2D eigenvalue weighted by atomic mass is 16.6. The van der Waals surface area contributed by atoms with Crippen LogP contribution in [0.15, 0.2) is 36.4 Å². The molecule has 0 aliphatic heterocycles. The predicted molar refractivity (Wildman–Crippen MR) is 99.8 cm³/mol. The van der Waals surface area contributed by atoms with Gasteiger partial charge in [0.15, 0.2) is 11.5 Å². The Kier molecular flexibility index (Phi) is 6.54. The first-order valence-electron chi connectivity index (χ1n) is 8.26. The quantitative estimate of drug-likeness (QED) is 0.525. The van der Waals surface area contributed by atoms with Crippen molar-refractivity contribution in [2.75, 3.05) is 14.2 Å². The van der Waals surface area contributed by atoms with E-state index in [0.717, 1.165) is 0 Å². The van der Waals surface area contributed by atoms with E-state index in [1.807, 2.05) is 0 Å². The van der Waals surface area contributed by atoms with Crippen LogP contribution in [0.5, 0.6) is 11.5 Å². The molecule has 0 saturated carbocycles. The molecule has 2 aromatic carbocycles. The van der Waals surface area contributed by atoms with Crippen LogP contribution < -0.4 is 14.8 Å². The Morgan fingerprint density at radius 1 is 1.14 bits per heavy atom. The van der Waals surface area contributed by atoms with Crippen molar-refractivity contribution in [1.29, 1.82) is 0 Å². The van der Waals surface area contributed by atoms with Gasteiger partial charge in [0.25, 0.3) is 11.6 Å². The minimum atomic E-state index is -1.10. The van der Waals surface area contributed by atoms with Crippen LogP contribution in [0.25, 0.3) is 0 Å². The summed E-state index contributed by atoms with van der Waals surface area (Å²) in [7, 11) is 2.93. The smallest absolute Gasteiger partial charge is 0.305 e. The van der Waals surface area contributed by atoms with Crippen LogP contribution in [0.1, 0.15) is 33.9 Å². The van der Waals surface area contributed by atoms with Gasteiger partial charge in [-0.3, -0.25) is 19.7 Å². The van der Waals surface area contributed by atoms with Gasteiger partial charge < -0.3 is 19.9 Å². The molecule has 0 radical (unpaired) electrons. The van der Waals surface area contributed by atoms with E-state index in [0.29, 0.717) is 22.6 Å². The number of hydrogen-bond acceptors (Lipinski definition) is 6. The van der Waals surface area contributed by atoms with Gasteiger partial charge in [0, 0.05) is 17.2 Å². The van der Waals surface area contributed by atoms with Gasteiger partial charge in [-0.05, 0) is 36.8 Å². The molecule has 0 spiro atoms. The molecule has 0 bridgehead atoms. The third-order valence-corrected chi connectivity index (χ3v) is 4.15. The van der Waals surface area contributed by atoms with Crippen LogP contribution in [-0.4, -0.2) is 36.1 Å². The van der Waals surface area contributed by atoms with Crippen molar-refractivity contribution in [2.24, 2.45) is 0 Å². The van der Waals surface area contributed by atoms with Crippen molar-refractivity contribution < 1.29 is 29.1 Å². The summed E-state index contributed by atoms with van der Waals surface area (Å²) >= 11 is 0. The average Bonchev–Trinajstić information content (AvgIpc) is 2.66. The zero-order chi connectivity index (χ0) is 20.8. The molecule has 9 nitrogen and oxygen atoms in total. The number of aliphatic carboxylic acids is 1. The van der Waals surface area contributed by atoms with E-state index in [2.05, 4.69) is 5.32 Å². The Balaban J connectivity index is 2.32. The number of carbonyl (C=O) groups excluding carboxylic acids is 1. The molecule has 0 fully saturated rings. The van der Waals surface area contributed by atoms with Crippen molar-refractivity contribution in [3.8, 4) is 11.5 Å². The van der Waals surface area contributed by atoms with Crippen LogP contribution >= 0.6 is 0 Å². The molecule has 1 unspecified atom stereocenters. The fourth-order valence-corrected chi connectivity index (χ4v) is 2.74. The van der Waals surface area contributed by atoms with Crippen molar-refractivity contribution in [2.45, 2.75) is 19.4 Å². The molecule has 2 aromatic rings. The van der Waals surface area contributed by atoms with Crippen LogP contribution in [0.2, 0.25) is 0 Å². The molecule has 1 amide bonds. The number of aryl methyl sites for hydroxylation is 1. The predicted octanol–water partition coefficient (Wildman–Crippen LogP) is 2.87. The number of carbonyl (C=O) groups is 2.